The van der Waals surface area contributed by atoms with Crippen LogP contribution in [-0.4, -0.2) is 68.2 Å². The monoisotopic (exact) mass is 366 g/mol. The number of H-pyrrole nitrogens is 1. The van der Waals surface area contributed by atoms with Crippen LogP contribution in [0.25, 0.3) is 0 Å². The number of aryl methyl sites for hydroxylation is 2. The molecule has 1 saturated heterocycles. The van der Waals surface area contributed by atoms with Crippen molar-refractivity contribution in [2.45, 2.75) is 44.9 Å². The molecule has 1 aliphatic heterocycles. The predicted molar refractivity (Wildman–Crippen MR) is 92.9 cm³/mol. The van der Waals surface area contributed by atoms with E-state index in [2.05, 4.69) is 25.1 Å². The third kappa shape index (κ3) is 4.82. The highest BCUT2D eigenvalue weighted by atomic mass is 32.1. The molecule has 0 radical (unpaired) electrons. The van der Waals surface area contributed by atoms with Crippen molar-refractivity contribution in [3.63, 3.8) is 0 Å². The van der Waals surface area contributed by atoms with Gasteiger partial charge in [-0.05, 0) is 13.3 Å². The predicted octanol–water partition coefficient (Wildman–Crippen LogP) is 1.57. The summed E-state index contributed by atoms with van der Waals surface area (Å²) in [5.74, 6) is 0.732. The van der Waals surface area contributed by atoms with Crippen molar-refractivity contribution in [2.75, 3.05) is 20.1 Å². The molecule has 3 heterocycles. The second-order valence-corrected chi connectivity index (χ2v) is 7.54. The first-order valence-electron chi connectivity index (χ1n) is 8.38. The summed E-state index contributed by atoms with van der Waals surface area (Å²) in [5, 5.41) is 9.56. The van der Waals surface area contributed by atoms with Crippen LogP contribution in [-0.2, 0) is 17.8 Å². The van der Waals surface area contributed by atoms with E-state index in [1.54, 1.807) is 23.3 Å². The van der Waals surface area contributed by atoms with Crippen molar-refractivity contribution < 1.29 is 9.18 Å². The number of likely N-dealkylation sites (N-methyl/N-ethyl adjacent to an activating group) is 1. The number of carbonyl (C=O) groups is 1. The average Bonchev–Trinajstić information content (AvgIpc) is 3.29. The summed E-state index contributed by atoms with van der Waals surface area (Å²) in [7, 11) is 1.78. The molecule has 2 aromatic rings. The number of halogens is 1. The summed E-state index contributed by atoms with van der Waals surface area (Å²) in [5.41, 5.74) is 0.973. The van der Waals surface area contributed by atoms with Gasteiger partial charge in [0.1, 0.15) is 18.3 Å². The van der Waals surface area contributed by atoms with Crippen LogP contribution >= 0.6 is 11.3 Å². The van der Waals surface area contributed by atoms with Gasteiger partial charge in [0.2, 0.25) is 5.91 Å². The Morgan fingerprint density at radius 2 is 2.40 bits per heavy atom. The summed E-state index contributed by atoms with van der Waals surface area (Å²) in [4.78, 5) is 24.6. The second-order valence-electron chi connectivity index (χ2n) is 6.48. The number of rotatable bonds is 7. The number of likely N-dealkylation sites (tertiary alicyclic amines) is 1. The third-order valence-corrected chi connectivity index (χ3v) is 5.28. The Labute approximate surface area is 150 Å². The average molecular weight is 366 g/mol. The second kappa shape index (κ2) is 8.01. The lowest BCUT2D eigenvalue weighted by atomic mass is 10.2. The molecule has 9 heteroatoms. The van der Waals surface area contributed by atoms with E-state index >= 15 is 0 Å². The number of amides is 1. The van der Waals surface area contributed by atoms with Crippen LogP contribution in [0.1, 0.15) is 29.4 Å². The molecular formula is C16H23FN6OS. The molecule has 1 fully saturated rings. The zero-order valence-electron chi connectivity index (χ0n) is 14.5. The fraction of sp³-hybridized carbons (Fsp3) is 0.625. The molecule has 0 unspecified atom stereocenters. The molecule has 0 bridgehead atoms. The minimum Gasteiger partial charge on any atom is -0.344 e. The van der Waals surface area contributed by atoms with Gasteiger partial charge in [-0.25, -0.2) is 14.4 Å². The Balaban J connectivity index is 1.52. The van der Waals surface area contributed by atoms with Crippen molar-refractivity contribution in [1.82, 2.24) is 30.0 Å². The van der Waals surface area contributed by atoms with Gasteiger partial charge in [0.15, 0.2) is 0 Å². The Kier molecular flexibility index (Phi) is 5.74. The zero-order valence-corrected chi connectivity index (χ0v) is 15.3. The molecule has 1 aliphatic rings. The van der Waals surface area contributed by atoms with E-state index in [9.17, 15) is 9.18 Å². The third-order valence-electron chi connectivity index (χ3n) is 4.46. The molecular weight excluding hydrogens is 343 g/mol. The molecule has 0 aliphatic carbocycles. The van der Waals surface area contributed by atoms with Gasteiger partial charge in [0.25, 0.3) is 0 Å². The number of thiazole rings is 1. The molecule has 1 amide bonds. The Bertz CT molecular complexity index is 691. The van der Waals surface area contributed by atoms with E-state index < -0.39 is 6.17 Å². The number of hydrogen-bond donors (Lipinski definition) is 1. The molecule has 136 valence electrons. The summed E-state index contributed by atoms with van der Waals surface area (Å²) in [6, 6.07) is 0.0243. The van der Waals surface area contributed by atoms with Crippen molar-refractivity contribution in [2.24, 2.45) is 0 Å². The van der Waals surface area contributed by atoms with E-state index in [0.717, 1.165) is 10.7 Å². The van der Waals surface area contributed by atoms with E-state index in [1.165, 1.54) is 6.33 Å². The number of carbonyl (C=O) groups excluding carboxylic acids is 1. The van der Waals surface area contributed by atoms with E-state index in [4.69, 9.17) is 0 Å². The number of nitrogens with zero attached hydrogens (tertiary/aromatic N) is 5. The van der Waals surface area contributed by atoms with Gasteiger partial charge in [-0.2, -0.15) is 5.10 Å². The molecule has 1 N–H and O–H groups in total. The van der Waals surface area contributed by atoms with Gasteiger partial charge in [-0.3, -0.25) is 14.8 Å². The fourth-order valence-electron chi connectivity index (χ4n) is 3.18. The van der Waals surface area contributed by atoms with Crippen LogP contribution in [0, 0.1) is 6.92 Å². The summed E-state index contributed by atoms with van der Waals surface area (Å²) >= 11 is 1.60. The summed E-state index contributed by atoms with van der Waals surface area (Å²) < 4.78 is 13.9. The van der Waals surface area contributed by atoms with Gasteiger partial charge in [0.05, 0.1) is 10.7 Å². The molecule has 3 rings (SSSR count). The molecule has 25 heavy (non-hydrogen) atoms. The number of aromatic nitrogens is 4. The number of aromatic amines is 1. The van der Waals surface area contributed by atoms with E-state index in [0.29, 0.717) is 44.7 Å². The van der Waals surface area contributed by atoms with Gasteiger partial charge < -0.3 is 4.90 Å². The first-order chi connectivity index (χ1) is 12.0. The lowest BCUT2D eigenvalue weighted by Crippen LogP contribution is -2.41. The van der Waals surface area contributed by atoms with Gasteiger partial charge in [-0.1, -0.05) is 0 Å². The first kappa shape index (κ1) is 17.9. The maximum absolute atomic E-state index is 13.9. The highest BCUT2D eigenvalue weighted by Gasteiger charge is 2.33. The minimum absolute atomic E-state index is 0.0243. The summed E-state index contributed by atoms with van der Waals surface area (Å²) in [6.45, 7) is 3.53. The van der Waals surface area contributed by atoms with Gasteiger partial charge in [-0.15, -0.1) is 11.3 Å². The van der Waals surface area contributed by atoms with Gasteiger partial charge >= 0.3 is 0 Å². The molecule has 2 aromatic heterocycles. The maximum atomic E-state index is 13.9. The molecule has 0 aromatic carbocycles. The Hall–Kier alpha value is -1.87. The number of alkyl halides is 1. The van der Waals surface area contributed by atoms with Crippen LogP contribution in [0.2, 0.25) is 0 Å². The van der Waals surface area contributed by atoms with Crippen molar-refractivity contribution in [3.8, 4) is 0 Å². The van der Waals surface area contributed by atoms with Crippen molar-refractivity contribution >= 4 is 17.2 Å². The summed E-state index contributed by atoms with van der Waals surface area (Å²) in [6.07, 6.45) is 1.94. The first-order valence-corrected chi connectivity index (χ1v) is 9.26. The largest absolute Gasteiger partial charge is 0.344 e. The smallest absolute Gasteiger partial charge is 0.222 e. The standard InChI is InChI=1S/C16H23FN6OS/c1-11-20-13(9-25-11)7-23-6-12(17)5-14(23)8-22(2)16(24)4-3-15-18-10-19-21-15/h9-10,12,14H,3-8H2,1-2H3,(H,18,19,21)/t12-,14-/m0/s1. The maximum Gasteiger partial charge on any atom is 0.222 e. The topological polar surface area (TPSA) is 78.0 Å². The van der Waals surface area contributed by atoms with Crippen LogP contribution < -0.4 is 0 Å². The zero-order chi connectivity index (χ0) is 17.8. The normalized spacial score (nSPS) is 20.9. The highest BCUT2D eigenvalue weighted by Crippen LogP contribution is 2.24. The van der Waals surface area contributed by atoms with E-state index in [-0.39, 0.29) is 11.9 Å². The molecule has 2 atom stereocenters. The molecule has 7 nitrogen and oxygen atoms in total. The fourth-order valence-corrected chi connectivity index (χ4v) is 3.78. The lowest BCUT2D eigenvalue weighted by Gasteiger charge is -2.28. The Morgan fingerprint density at radius 3 is 3.08 bits per heavy atom. The number of nitrogens with one attached hydrogen (secondary N) is 1. The SMILES string of the molecule is Cc1nc(CN2C[C@@H](F)C[C@H]2CN(C)C(=O)CCc2ncn[nH]2)cs1. The van der Waals surface area contributed by atoms with Crippen LogP contribution in [0.5, 0.6) is 0 Å². The number of hydrogen-bond acceptors (Lipinski definition) is 6. The van der Waals surface area contributed by atoms with Crippen LogP contribution in [0.15, 0.2) is 11.7 Å². The van der Waals surface area contributed by atoms with Crippen molar-refractivity contribution in [1.29, 1.82) is 0 Å². The van der Waals surface area contributed by atoms with Crippen molar-refractivity contribution in [3.05, 3.63) is 28.2 Å². The Morgan fingerprint density at radius 1 is 1.56 bits per heavy atom. The minimum atomic E-state index is -0.845. The molecule has 0 spiro atoms. The van der Waals surface area contributed by atoms with Crippen LogP contribution in [0.3, 0.4) is 0 Å². The van der Waals surface area contributed by atoms with Gasteiger partial charge in [0, 0.05) is 50.9 Å². The highest BCUT2D eigenvalue weighted by molar-refractivity contribution is 7.09. The van der Waals surface area contributed by atoms with E-state index in [1.807, 2.05) is 12.3 Å². The lowest BCUT2D eigenvalue weighted by molar-refractivity contribution is -0.130. The quantitative estimate of drug-likeness (QED) is 0.805. The molecule has 0 saturated carbocycles. The van der Waals surface area contributed by atoms with Crippen LogP contribution in [0.4, 0.5) is 4.39 Å².